The van der Waals surface area contributed by atoms with Crippen LogP contribution in [0.25, 0.3) is 11.8 Å². The maximum Gasteiger partial charge on any atom is 0.329 e. The molecular weight excluding hydrogens is 403 g/mol. The van der Waals surface area contributed by atoms with Crippen molar-refractivity contribution in [2.45, 2.75) is 13.2 Å². The van der Waals surface area contributed by atoms with Gasteiger partial charge in [-0.3, -0.25) is 19.6 Å². The van der Waals surface area contributed by atoms with E-state index < -0.39 is 23.3 Å². The quantitative estimate of drug-likeness (QED) is 0.471. The minimum atomic E-state index is -0.688. The van der Waals surface area contributed by atoms with Crippen LogP contribution in [0.4, 0.5) is 9.18 Å². The van der Waals surface area contributed by atoms with Crippen molar-refractivity contribution in [1.29, 1.82) is 0 Å². The lowest BCUT2D eigenvalue weighted by Crippen LogP contribution is -2.30. The first kappa shape index (κ1) is 20.3. The largest absolute Gasteiger partial charge is 0.378 e. The Morgan fingerprint density at radius 1 is 1.03 bits per heavy atom. The molecule has 0 spiro atoms. The molecule has 2 N–H and O–H groups in total. The fraction of sp³-hybridized carbons (Fsp3) is 0.136. The lowest BCUT2D eigenvalue weighted by atomic mass is 10.2. The highest BCUT2D eigenvalue weighted by Gasteiger charge is 2.34. The van der Waals surface area contributed by atoms with Gasteiger partial charge in [0.2, 0.25) is 0 Å². The smallest absolute Gasteiger partial charge is 0.329 e. The number of carbonyl (C=O) groups excluding carboxylic acids is 2. The van der Waals surface area contributed by atoms with Crippen molar-refractivity contribution in [3.8, 4) is 5.69 Å². The van der Waals surface area contributed by atoms with Crippen LogP contribution >= 0.6 is 0 Å². The van der Waals surface area contributed by atoms with Crippen LogP contribution in [-0.4, -0.2) is 33.7 Å². The number of benzene rings is 2. The van der Waals surface area contributed by atoms with Crippen LogP contribution in [0, 0.1) is 5.82 Å². The van der Waals surface area contributed by atoms with E-state index in [0.29, 0.717) is 11.4 Å². The van der Waals surface area contributed by atoms with Crippen molar-refractivity contribution < 1.29 is 18.7 Å². The van der Waals surface area contributed by atoms with E-state index in [1.807, 2.05) is 6.07 Å². The van der Waals surface area contributed by atoms with Gasteiger partial charge in [-0.25, -0.2) is 13.9 Å². The molecule has 9 heteroatoms. The van der Waals surface area contributed by atoms with Crippen LogP contribution in [0.1, 0.15) is 16.8 Å². The third-order valence-corrected chi connectivity index (χ3v) is 4.85. The molecule has 1 aliphatic heterocycles. The molecule has 158 valence electrons. The molecule has 3 aromatic rings. The van der Waals surface area contributed by atoms with E-state index in [-0.39, 0.29) is 30.0 Å². The number of carbonyl (C=O) groups is 2. The predicted octanol–water partition coefficient (Wildman–Crippen LogP) is 2.54. The molecule has 31 heavy (non-hydrogen) atoms. The molecule has 4 rings (SSSR count). The molecule has 0 saturated carbocycles. The highest BCUT2D eigenvalue weighted by molar-refractivity contribution is 6.13. The number of H-pyrrole nitrogens is 1. The molecule has 8 nitrogen and oxygen atoms in total. The van der Waals surface area contributed by atoms with E-state index in [1.165, 1.54) is 36.1 Å². The second kappa shape index (κ2) is 8.41. The molecule has 1 saturated heterocycles. The number of urea groups is 1. The normalized spacial score (nSPS) is 15.0. The summed E-state index contributed by atoms with van der Waals surface area (Å²) in [4.78, 5) is 39.0. The molecule has 0 aliphatic carbocycles. The number of aromatic nitrogens is 2. The number of nitrogens with zero attached hydrogens (tertiary/aromatic N) is 2. The Morgan fingerprint density at radius 3 is 2.45 bits per heavy atom. The molecule has 2 aromatic carbocycles. The van der Waals surface area contributed by atoms with Gasteiger partial charge in [0.1, 0.15) is 11.5 Å². The van der Waals surface area contributed by atoms with Crippen LogP contribution in [-0.2, 0) is 22.7 Å². The Morgan fingerprint density at radius 2 is 1.74 bits per heavy atom. The molecule has 0 unspecified atom stereocenters. The highest BCUT2D eigenvalue weighted by Crippen LogP contribution is 2.19. The number of hydrogen-bond acceptors (Lipinski definition) is 4. The van der Waals surface area contributed by atoms with Gasteiger partial charge in [-0.15, -0.1) is 0 Å². The molecule has 1 fully saturated rings. The second-order valence-electron chi connectivity index (χ2n) is 6.88. The summed E-state index contributed by atoms with van der Waals surface area (Å²) in [6.07, 6.45) is 1.31. The van der Waals surface area contributed by atoms with Gasteiger partial charge in [-0.1, -0.05) is 36.4 Å². The van der Waals surface area contributed by atoms with E-state index in [1.54, 1.807) is 30.3 Å². The molecule has 2 heterocycles. The highest BCUT2D eigenvalue weighted by atomic mass is 19.1. The zero-order valence-corrected chi connectivity index (χ0v) is 16.6. The molecular formula is C22H19FN4O4. The number of amides is 3. The Bertz CT molecular complexity index is 1230. The summed E-state index contributed by atoms with van der Waals surface area (Å²) in [6, 6.07) is 14.1. The number of methoxy groups -OCH3 is 1. The fourth-order valence-corrected chi connectivity index (χ4v) is 3.31. The number of aromatic amines is 1. The maximum atomic E-state index is 13.9. The van der Waals surface area contributed by atoms with Gasteiger partial charge in [0.15, 0.2) is 0 Å². The summed E-state index contributed by atoms with van der Waals surface area (Å²) in [5.41, 5.74) is 0.966. The SMILES string of the molecule is COCc1[nH]n(-c2ccccc2)c(=O)c1C=C1NC(=O)N(Cc2ccccc2F)C1=O. The number of para-hydroxylation sites is 1. The van der Waals surface area contributed by atoms with E-state index in [4.69, 9.17) is 4.74 Å². The van der Waals surface area contributed by atoms with E-state index in [0.717, 1.165) is 4.90 Å². The van der Waals surface area contributed by atoms with Crippen molar-refractivity contribution in [2.75, 3.05) is 7.11 Å². The summed E-state index contributed by atoms with van der Waals surface area (Å²) in [5.74, 6) is -1.16. The Labute approximate surface area is 176 Å². The van der Waals surface area contributed by atoms with Crippen molar-refractivity contribution in [3.05, 3.63) is 93.3 Å². The lowest BCUT2D eigenvalue weighted by Gasteiger charge is -2.12. The Balaban J connectivity index is 1.69. The van der Waals surface area contributed by atoms with E-state index in [9.17, 15) is 18.8 Å². The summed E-state index contributed by atoms with van der Waals surface area (Å²) in [5, 5.41) is 5.43. The average molecular weight is 422 g/mol. The van der Waals surface area contributed by atoms with Crippen molar-refractivity contribution >= 4 is 18.0 Å². The molecule has 0 radical (unpaired) electrons. The fourth-order valence-electron chi connectivity index (χ4n) is 3.31. The molecule has 1 aromatic heterocycles. The maximum absolute atomic E-state index is 13.9. The number of nitrogens with one attached hydrogen (secondary N) is 2. The standard InChI is InChI=1S/C22H19FN4O4/c1-31-13-19-16(20(28)27(25-19)15-8-3-2-4-9-15)11-18-21(29)26(22(30)24-18)12-14-7-5-6-10-17(14)23/h2-11,25H,12-13H2,1H3,(H,24,30). The van der Waals surface area contributed by atoms with Crippen molar-refractivity contribution in [2.24, 2.45) is 0 Å². The van der Waals surface area contributed by atoms with E-state index >= 15 is 0 Å². The van der Waals surface area contributed by atoms with Crippen LogP contribution in [0.2, 0.25) is 0 Å². The van der Waals surface area contributed by atoms with Crippen molar-refractivity contribution in [1.82, 2.24) is 20.0 Å². The zero-order chi connectivity index (χ0) is 22.0. The summed E-state index contributed by atoms with van der Waals surface area (Å²) in [6.45, 7) is -0.129. The van der Waals surface area contributed by atoms with Gasteiger partial charge in [0, 0.05) is 12.7 Å². The minimum Gasteiger partial charge on any atom is -0.378 e. The topological polar surface area (TPSA) is 96.4 Å². The average Bonchev–Trinajstić information content (AvgIpc) is 3.22. The molecule has 3 amide bonds. The molecule has 0 atom stereocenters. The van der Waals surface area contributed by atoms with Gasteiger partial charge in [0.05, 0.1) is 30.1 Å². The summed E-state index contributed by atoms with van der Waals surface area (Å²) < 4.78 is 20.4. The molecule has 1 aliphatic rings. The van der Waals surface area contributed by atoms with Crippen LogP contribution in [0.15, 0.2) is 65.1 Å². The zero-order valence-electron chi connectivity index (χ0n) is 16.6. The van der Waals surface area contributed by atoms with Crippen LogP contribution < -0.4 is 10.9 Å². The third kappa shape index (κ3) is 3.90. The minimum absolute atomic E-state index is 0.0741. The van der Waals surface area contributed by atoms with Gasteiger partial charge in [0.25, 0.3) is 11.5 Å². The van der Waals surface area contributed by atoms with Gasteiger partial charge < -0.3 is 10.1 Å². The second-order valence-corrected chi connectivity index (χ2v) is 6.88. The first-order valence-corrected chi connectivity index (χ1v) is 9.46. The summed E-state index contributed by atoms with van der Waals surface area (Å²) in [7, 11) is 1.48. The van der Waals surface area contributed by atoms with Crippen LogP contribution in [0.5, 0.6) is 0 Å². The monoisotopic (exact) mass is 422 g/mol. The van der Waals surface area contributed by atoms with Gasteiger partial charge >= 0.3 is 6.03 Å². The number of hydrogen-bond donors (Lipinski definition) is 2. The number of ether oxygens (including phenoxy) is 1. The van der Waals surface area contributed by atoms with Crippen LogP contribution in [0.3, 0.4) is 0 Å². The number of halogens is 1. The summed E-state index contributed by atoms with van der Waals surface area (Å²) >= 11 is 0. The lowest BCUT2D eigenvalue weighted by molar-refractivity contribution is -0.123. The Hall–Kier alpha value is -3.98. The number of rotatable bonds is 6. The van der Waals surface area contributed by atoms with Crippen molar-refractivity contribution in [3.63, 3.8) is 0 Å². The molecule has 0 bridgehead atoms. The number of imide groups is 1. The van der Waals surface area contributed by atoms with E-state index in [2.05, 4.69) is 10.4 Å². The van der Waals surface area contributed by atoms with Gasteiger partial charge in [-0.05, 0) is 24.3 Å². The Kier molecular flexibility index (Phi) is 5.50. The van der Waals surface area contributed by atoms with Gasteiger partial charge in [-0.2, -0.15) is 0 Å². The first-order chi connectivity index (χ1) is 15.0. The third-order valence-electron chi connectivity index (χ3n) is 4.85. The first-order valence-electron chi connectivity index (χ1n) is 9.46. The predicted molar refractivity (Wildman–Crippen MR) is 111 cm³/mol.